The van der Waals surface area contributed by atoms with E-state index in [1.54, 1.807) is 7.05 Å². The summed E-state index contributed by atoms with van der Waals surface area (Å²) in [7, 11) is 1.63. The molecule has 4 heteroatoms. The summed E-state index contributed by atoms with van der Waals surface area (Å²) in [6.07, 6.45) is 3.00. The SMILES string of the molecule is CNC(=O)CCOc1ccc(CNC2CC2)cc1. The Balaban J connectivity index is 1.70. The van der Waals surface area contributed by atoms with Gasteiger partial charge >= 0.3 is 0 Å². The number of ether oxygens (including phenoxy) is 1. The fourth-order valence-corrected chi connectivity index (χ4v) is 1.64. The molecule has 1 aromatic rings. The first kappa shape index (κ1) is 12.9. The molecule has 2 N–H and O–H groups in total. The minimum Gasteiger partial charge on any atom is -0.493 e. The Kier molecular flexibility index (Phi) is 4.59. The number of benzene rings is 1. The van der Waals surface area contributed by atoms with E-state index >= 15 is 0 Å². The molecule has 0 aliphatic heterocycles. The van der Waals surface area contributed by atoms with Crippen LogP contribution < -0.4 is 15.4 Å². The molecule has 0 radical (unpaired) electrons. The van der Waals surface area contributed by atoms with Gasteiger partial charge in [-0.25, -0.2) is 0 Å². The molecule has 0 bridgehead atoms. The van der Waals surface area contributed by atoms with Gasteiger partial charge in [-0.2, -0.15) is 0 Å². The third kappa shape index (κ3) is 4.37. The van der Waals surface area contributed by atoms with Crippen molar-refractivity contribution in [3.05, 3.63) is 29.8 Å². The molecule has 1 amide bonds. The van der Waals surface area contributed by atoms with Gasteiger partial charge in [0.05, 0.1) is 13.0 Å². The molecule has 0 heterocycles. The van der Waals surface area contributed by atoms with Crippen molar-refractivity contribution in [2.75, 3.05) is 13.7 Å². The van der Waals surface area contributed by atoms with E-state index in [4.69, 9.17) is 4.74 Å². The maximum absolute atomic E-state index is 11.0. The molecule has 4 nitrogen and oxygen atoms in total. The summed E-state index contributed by atoms with van der Waals surface area (Å²) in [4.78, 5) is 11.0. The molecule has 0 atom stereocenters. The molecule has 18 heavy (non-hydrogen) atoms. The molecular formula is C14H20N2O2. The zero-order valence-corrected chi connectivity index (χ0v) is 10.7. The molecule has 1 aromatic carbocycles. The van der Waals surface area contributed by atoms with Crippen LogP contribution >= 0.6 is 0 Å². The average molecular weight is 248 g/mol. The zero-order valence-electron chi connectivity index (χ0n) is 10.7. The highest BCUT2D eigenvalue weighted by molar-refractivity contribution is 5.75. The molecule has 0 aromatic heterocycles. The van der Waals surface area contributed by atoms with Crippen molar-refractivity contribution < 1.29 is 9.53 Å². The summed E-state index contributed by atoms with van der Waals surface area (Å²) in [5.41, 5.74) is 1.26. The van der Waals surface area contributed by atoms with Gasteiger partial charge in [-0.3, -0.25) is 4.79 Å². The summed E-state index contributed by atoms with van der Waals surface area (Å²) in [5, 5.41) is 6.03. The van der Waals surface area contributed by atoms with Crippen LogP contribution in [-0.4, -0.2) is 25.6 Å². The Morgan fingerprint density at radius 2 is 2.06 bits per heavy atom. The highest BCUT2D eigenvalue weighted by Gasteiger charge is 2.19. The Bertz CT molecular complexity index is 385. The van der Waals surface area contributed by atoms with Crippen LogP contribution in [0.4, 0.5) is 0 Å². The van der Waals surface area contributed by atoms with Crippen LogP contribution in [0.25, 0.3) is 0 Å². The van der Waals surface area contributed by atoms with Gasteiger partial charge in [0.25, 0.3) is 0 Å². The van der Waals surface area contributed by atoms with Crippen molar-refractivity contribution in [1.29, 1.82) is 0 Å². The van der Waals surface area contributed by atoms with Crippen LogP contribution in [0, 0.1) is 0 Å². The van der Waals surface area contributed by atoms with Crippen LogP contribution in [0.15, 0.2) is 24.3 Å². The van der Waals surface area contributed by atoms with E-state index in [1.807, 2.05) is 12.1 Å². The van der Waals surface area contributed by atoms with E-state index in [2.05, 4.69) is 22.8 Å². The topological polar surface area (TPSA) is 50.4 Å². The number of carbonyl (C=O) groups is 1. The van der Waals surface area contributed by atoms with E-state index < -0.39 is 0 Å². The van der Waals surface area contributed by atoms with Crippen molar-refractivity contribution in [3.8, 4) is 5.75 Å². The number of carbonyl (C=O) groups excluding carboxylic acids is 1. The minimum atomic E-state index is 0.000235. The number of hydrogen-bond acceptors (Lipinski definition) is 3. The van der Waals surface area contributed by atoms with E-state index in [-0.39, 0.29) is 5.91 Å². The maximum Gasteiger partial charge on any atom is 0.223 e. The lowest BCUT2D eigenvalue weighted by Gasteiger charge is -2.07. The van der Waals surface area contributed by atoms with E-state index in [9.17, 15) is 4.79 Å². The molecule has 1 aliphatic carbocycles. The quantitative estimate of drug-likeness (QED) is 0.768. The first-order valence-corrected chi connectivity index (χ1v) is 6.43. The number of amides is 1. The van der Waals surface area contributed by atoms with Crippen molar-refractivity contribution in [1.82, 2.24) is 10.6 Å². The third-order valence-corrected chi connectivity index (χ3v) is 2.97. The second kappa shape index (κ2) is 6.40. The van der Waals surface area contributed by atoms with Crippen molar-refractivity contribution >= 4 is 5.91 Å². The highest BCUT2D eigenvalue weighted by Crippen LogP contribution is 2.19. The van der Waals surface area contributed by atoms with Gasteiger partial charge in [0.15, 0.2) is 0 Å². The smallest absolute Gasteiger partial charge is 0.223 e. The molecular weight excluding hydrogens is 228 g/mol. The minimum absolute atomic E-state index is 0.000235. The second-order valence-electron chi connectivity index (χ2n) is 4.57. The number of rotatable bonds is 7. The van der Waals surface area contributed by atoms with E-state index in [0.717, 1.165) is 18.3 Å². The summed E-state index contributed by atoms with van der Waals surface area (Å²) in [5.74, 6) is 0.814. The summed E-state index contributed by atoms with van der Waals surface area (Å²) in [6.45, 7) is 1.34. The van der Waals surface area contributed by atoms with E-state index in [0.29, 0.717) is 13.0 Å². The first-order valence-electron chi connectivity index (χ1n) is 6.43. The molecule has 0 unspecified atom stereocenters. The third-order valence-electron chi connectivity index (χ3n) is 2.97. The lowest BCUT2D eigenvalue weighted by Crippen LogP contribution is -2.20. The average Bonchev–Trinajstić information content (AvgIpc) is 3.21. The second-order valence-corrected chi connectivity index (χ2v) is 4.57. The van der Waals surface area contributed by atoms with Gasteiger partial charge in [-0.05, 0) is 30.5 Å². The Labute approximate surface area is 108 Å². The summed E-state index contributed by atoms with van der Waals surface area (Å²) >= 11 is 0. The fraction of sp³-hybridized carbons (Fsp3) is 0.500. The Morgan fingerprint density at radius 3 is 2.67 bits per heavy atom. The van der Waals surface area contributed by atoms with Gasteiger partial charge < -0.3 is 15.4 Å². The Hall–Kier alpha value is -1.55. The largest absolute Gasteiger partial charge is 0.493 e. The maximum atomic E-state index is 11.0. The predicted octanol–water partition coefficient (Wildman–Crippen LogP) is 1.45. The first-order chi connectivity index (χ1) is 8.78. The van der Waals surface area contributed by atoms with Gasteiger partial charge in [0.2, 0.25) is 5.91 Å². The molecule has 1 fully saturated rings. The molecule has 1 saturated carbocycles. The molecule has 98 valence electrons. The number of hydrogen-bond donors (Lipinski definition) is 2. The molecule has 0 saturated heterocycles. The summed E-state index contributed by atoms with van der Waals surface area (Å²) < 4.78 is 5.49. The van der Waals surface area contributed by atoms with Gasteiger partial charge in [0, 0.05) is 19.6 Å². The van der Waals surface area contributed by atoms with Crippen molar-refractivity contribution in [2.45, 2.75) is 31.8 Å². The predicted molar refractivity (Wildman–Crippen MR) is 70.5 cm³/mol. The standard InChI is InChI=1S/C14H20N2O2/c1-15-14(17)8-9-18-13-6-2-11(3-7-13)10-16-12-4-5-12/h2-3,6-7,12,16H,4-5,8-10H2,1H3,(H,15,17). The van der Waals surface area contributed by atoms with Crippen molar-refractivity contribution in [3.63, 3.8) is 0 Å². The lowest BCUT2D eigenvalue weighted by atomic mass is 10.2. The van der Waals surface area contributed by atoms with Crippen LogP contribution in [0.2, 0.25) is 0 Å². The van der Waals surface area contributed by atoms with Gasteiger partial charge in [-0.1, -0.05) is 12.1 Å². The zero-order chi connectivity index (χ0) is 12.8. The molecule has 0 spiro atoms. The van der Waals surface area contributed by atoms with Gasteiger partial charge in [0.1, 0.15) is 5.75 Å². The van der Waals surface area contributed by atoms with Crippen LogP contribution in [0.5, 0.6) is 5.75 Å². The lowest BCUT2D eigenvalue weighted by molar-refractivity contribution is -0.121. The van der Waals surface area contributed by atoms with Crippen LogP contribution in [-0.2, 0) is 11.3 Å². The van der Waals surface area contributed by atoms with E-state index in [1.165, 1.54) is 18.4 Å². The molecule has 2 rings (SSSR count). The monoisotopic (exact) mass is 248 g/mol. The van der Waals surface area contributed by atoms with Crippen LogP contribution in [0.3, 0.4) is 0 Å². The Morgan fingerprint density at radius 1 is 1.33 bits per heavy atom. The number of nitrogens with one attached hydrogen (secondary N) is 2. The normalized spacial score (nSPS) is 14.3. The van der Waals surface area contributed by atoms with Crippen LogP contribution in [0.1, 0.15) is 24.8 Å². The van der Waals surface area contributed by atoms with Crippen molar-refractivity contribution in [2.24, 2.45) is 0 Å². The van der Waals surface area contributed by atoms with Gasteiger partial charge in [-0.15, -0.1) is 0 Å². The fourth-order valence-electron chi connectivity index (χ4n) is 1.64. The molecule has 1 aliphatic rings. The summed E-state index contributed by atoms with van der Waals surface area (Å²) in [6, 6.07) is 8.75. The highest BCUT2D eigenvalue weighted by atomic mass is 16.5.